The number of benzene rings is 2. The third kappa shape index (κ3) is 6.61. The van der Waals surface area contributed by atoms with E-state index in [0.717, 1.165) is 4.90 Å². The molecule has 3 N–H and O–H groups in total. The summed E-state index contributed by atoms with van der Waals surface area (Å²) in [6, 6.07) is 14.5. The number of carboxylic acid groups (broad SMARTS) is 1. The fraction of sp³-hybridized carbons (Fsp3) is 0.320. The second-order valence-electron chi connectivity index (χ2n) is 7.69. The van der Waals surface area contributed by atoms with Crippen LogP contribution in [0.15, 0.2) is 65.6 Å². The van der Waals surface area contributed by atoms with E-state index in [2.05, 4.69) is 10.6 Å². The SMILES string of the molecule is CCOc1ccccc1NC(=O)C(C)Sc1cccc(NC(=O)C2CC=CCC2C(=O)O)c1. The molecule has 3 unspecified atom stereocenters. The molecule has 0 radical (unpaired) electrons. The molecule has 0 bridgehead atoms. The van der Waals surface area contributed by atoms with Crippen molar-refractivity contribution < 1.29 is 24.2 Å². The standard InChI is InChI=1S/C25H28N2O5S/c1-3-32-22-14-7-6-13-21(22)27-23(28)16(2)33-18-10-8-9-17(15-18)26-24(29)19-11-4-5-12-20(19)25(30)31/h4-10,13-16,19-20H,3,11-12H2,1-2H3,(H,26,29)(H,27,28)(H,30,31). The summed E-state index contributed by atoms with van der Waals surface area (Å²) in [5, 5.41) is 14.7. The zero-order valence-electron chi connectivity index (χ0n) is 18.6. The Morgan fingerprint density at radius 2 is 1.79 bits per heavy atom. The van der Waals surface area contributed by atoms with Crippen molar-refractivity contribution >= 4 is 40.9 Å². The number of hydrogen-bond acceptors (Lipinski definition) is 5. The molecule has 2 aromatic rings. The van der Waals surface area contributed by atoms with Crippen LogP contribution < -0.4 is 15.4 Å². The van der Waals surface area contributed by atoms with Gasteiger partial charge in [-0.05, 0) is 57.0 Å². The molecule has 0 fully saturated rings. The lowest BCUT2D eigenvalue weighted by Crippen LogP contribution is -2.34. The molecule has 174 valence electrons. The summed E-state index contributed by atoms with van der Waals surface area (Å²) in [6.07, 6.45) is 4.40. The van der Waals surface area contributed by atoms with Crippen LogP contribution in [0, 0.1) is 11.8 Å². The first kappa shape index (κ1) is 24.4. The van der Waals surface area contributed by atoms with Crippen LogP contribution in [0.2, 0.25) is 0 Å². The number of amides is 2. The lowest BCUT2D eigenvalue weighted by molar-refractivity contribution is -0.146. The van der Waals surface area contributed by atoms with Gasteiger partial charge in [0, 0.05) is 10.6 Å². The Morgan fingerprint density at radius 3 is 2.52 bits per heavy atom. The van der Waals surface area contributed by atoms with Crippen LogP contribution >= 0.6 is 11.8 Å². The number of carbonyl (C=O) groups is 3. The van der Waals surface area contributed by atoms with Crippen molar-refractivity contribution in [2.24, 2.45) is 11.8 Å². The Hall–Kier alpha value is -3.26. The van der Waals surface area contributed by atoms with Gasteiger partial charge in [-0.15, -0.1) is 11.8 Å². The number of anilines is 2. The molecule has 0 saturated carbocycles. The molecule has 3 atom stereocenters. The highest BCUT2D eigenvalue weighted by Gasteiger charge is 2.34. The highest BCUT2D eigenvalue weighted by molar-refractivity contribution is 8.00. The van der Waals surface area contributed by atoms with E-state index >= 15 is 0 Å². The Kier molecular flexibility index (Phi) is 8.54. The predicted molar refractivity (Wildman–Crippen MR) is 130 cm³/mol. The average Bonchev–Trinajstić information content (AvgIpc) is 2.80. The van der Waals surface area contributed by atoms with E-state index in [4.69, 9.17) is 4.74 Å². The Balaban J connectivity index is 1.62. The second-order valence-corrected chi connectivity index (χ2v) is 9.10. The molecule has 1 aliphatic carbocycles. The quantitative estimate of drug-likeness (QED) is 0.360. The molecule has 0 heterocycles. The molecule has 8 heteroatoms. The van der Waals surface area contributed by atoms with E-state index in [1.807, 2.05) is 31.2 Å². The molecule has 1 aliphatic rings. The molecule has 0 saturated heterocycles. The number of thioether (sulfide) groups is 1. The van der Waals surface area contributed by atoms with Gasteiger partial charge in [-0.1, -0.05) is 30.4 Å². The first-order valence-corrected chi connectivity index (χ1v) is 11.7. The first-order chi connectivity index (χ1) is 15.9. The Morgan fingerprint density at radius 1 is 1.06 bits per heavy atom. The number of hydrogen-bond donors (Lipinski definition) is 3. The van der Waals surface area contributed by atoms with Gasteiger partial charge in [0.05, 0.1) is 29.4 Å². The smallest absolute Gasteiger partial charge is 0.307 e. The van der Waals surface area contributed by atoms with E-state index in [0.29, 0.717) is 36.6 Å². The van der Waals surface area contributed by atoms with Crippen molar-refractivity contribution in [3.63, 3.8) is 0 Å². The summed E-state index contributed by atoms with van der Waals surface area (Å²) >= 11 is 1.36. The summed E-state index contributed by atoms with van der Waals surface area (Å²) in [7, 11) is 0. The van der Waals surface area contributed by atoms with Crippen molar-refractivity contribution in [1.29, 1.82) is 0 Å². The molecule has 2 aromatic carbocycles. The highest BCUT2D eigenvalue weighted by Crippen LogP contribution is 2.30. The third-order valence-electron chi connectivity index (χ3n) is 5.31. The molecule has 0 spiro atoms. The molecule has 0 aliphatic heterocycles. The number of allylic oxidation sites excluding steroid dienone is 2. The van der Waals surface area contributed by atoms with Crippen LogP contribution in [0.3, 0.4) is 0 Å². The maximum absolute atomic E-state index is 12.7. The van der Waals surface area contributed by atoms with E-state index in [-0.39, 0.29) is 11.8 Å². The number of ether oxygens (including phenoxy) is 1. The Labute approximate surface area is 197 Å². The third-order valence-corrected chi connectivity index (χ3v) is 6.41. The van der Waals surface area contributed by atoms with Crippen LogP contribution in [-0.4, -0.2) is 34.7 Å². The average molecular weight is 469 g/mol. The van der Waals surface area contributed by atoms with Gasteiger partial charge in [0.15, 0.2) is 0 Å². The summed E-state index contributed by atoms with van der Waals surface area (Å²) in [5.41, 5.74) is 1.19. The summed E-state index contributed by atoms with van der Waals surface area (Å²) in [6.45, 7) is 4.19. The molecular formula is C25H28N2O5S. The van der Waals surface area contributed by atoms with E-state index in [1.54, 1.807) is 43.3 Å². The first-order valence-electron chi connectivity index (χ1n) is 10.9. The number of aliphatic carboxylic acids is 1. The maximum atomic E-state index is 12.7. The van der Waals surface area contributed by atoms with Gasteiger partial charge >= 0.3 is 5.97 Å². The summed E-state index contributed by atoms with van der Waals surface area (Å²) in [4.78, 5) is 37.7. The minimum absolute atomic E-state index is 0.167. The molecule has 0 aromatic heterocycles. The van der Waals surface area contributed by atoms with Gasteiger partial charge < -0.3 is 20.5 Å². The molecule has 33 heavy (non-hydrogen) atoms. The van der Waals surface area contributed by atoms with Crippen molar-refractivity contribution in [3.8, 4) is 5.75 Å². The lowest BCUT2D eigenvalue weighted by Gasteiger charge is -2.24. The van der Waals surface area contributed by atoms with Gasteiger partial charge in [0.2, 0.25) is 11.8 Å². The summed E-state index contributed by atoms with van der Waals surface area (Å²) < 4.78 is 5.56. The van der Waals surface area contributed by atoms with Gasteiger partial charge in [-0.25, -0.2) is 0 Å². The fourth-order valence-corrected chi connectivity index (χ4v) is 4.53. The van der Waals surface area contributed by atoms with Crippen LogP contribution in [0.1, 0.15) is 26.7 Å². The maximum Gasteiger partial charge on any atom is 0.307 e. The fourth-order valence-electron chi connectivity index (χ4n) is 3.60. The van der Waals surface area contributed by atoms with Crippen molar-refractivity contribution in [2.75, 3.05) is 17.2 Å². The number of para-hydroxylation sites is 2. The monoisotopic (exact) mass is 468 g/mol. The zero-order valence-corrected chi connectivity index (χ0v) is 19.4. The minimum atomic E-state index is -0.963. The van der Waals surface area contributed by atoms with Crippen molar-refractivity contribution in [3.05, 3.63) is 60.7 Å². The van der Waals surface area contributed by atoms with Gasteiger partial charge in [0.25, 0.3) is 0 Å². The predicted octanol–water partition coefficient (Wildman–Crippen LogP) is 4.81. The van der Waals surface area contributed by atoms with Gasteiger partial charge in [-0.3, -0.25) is 14.4 Å². The zero-order chi connectivity index (χ0) is 23.8. The Bertz CT molecular complexity index is 1040. The van der Waals surface area contributed by atoms with Crippen molar-refractivity contribution in [1.82, 2.24) is 0 Å². The van der Waals surface area contributed by atoms with Crippen LogP contribution in [0.25, 0.3) is 0 Å². The van der Waals surface area contributed by atoms with Crippen LogP contribution in [0.4, 0.5) is 11.4 Å². The molecule has 3 rings (SSSR count). The number of nitrogens with one attached hydrogen (secondary N) is 2. The van der Waals surface area contributed by atoms with Gasteiger partial charge in [0.1, 0.15) is 5.75 Å². The number of rotatable bonds is 9. The van der Waals surface area contributed by atoms with Crippen molar-refractivity contribution in [2.45, 2.75) is 36.8 Å². The topological polar surface area (TPSA) is 105 Å². The van der Waals surface area contributed by atoms with E-state index < -0.39 is 23.1 Å². The highest BCUT2D eigenvalue weighted by atomic mass is 32.2. The van der Waals surface area contributed by atoms with Gasteiger partial charge in [-0.2, -0.15) is 0 Å². The molecular weight excluding hydrogens is 440 g/mol. The molecule has 7 nitrogen and oxygen atoms in total. The van der Waals surface area contributed by atoms with Crippen LogP contribution in [0.5, 0.6) is 5.75 Å². The normalized spacial score (nSPS) is 18.2. The summed E-state index contributed by atoms with van der Waals surface area (Å²) in [5.74, 6) is -2.16. The number of carbonyl (C=O) groups excluding carboxylic acids is 2. The second kappa shape index (κ2) is 11.6. The lowest BCUT2D eigenvalue weighted by atomic mass is 9.82. The number of carboxylic acids is 1. The van der Waals surface area contributed by atoms with E-state index in [1.165, 1.54) is 11.8 Å². The molecule has 2 amide bonds. The van der Waals surface area contributed by atoms with E-state index in [9.17, 15) is 19.5 Å². The van der Waals surface area contributed by atoms with Crippen LogP contribution in [-0.2, 0) is 14.4 Å². The largest absolute Gasteiger partial charge is 0.492 e. The minimum Gasteiger partial charge on any atom is -0.492 e.